The summed E-state index contributed by atoms with van der Waals surface area (Å²) in [4.78, 5) is 4.73. The van der Waals surface area contributed by atoms with E-state index in [-0.39, 0.29) is 0 Å². The minimum atomic E-state index is 1.01. The van der Waals surface area contributed by atoms with E-state index in [0.717, 1.165) is 10.9 Å². The average molecular weight is 790 g/mol. The van der Waals surface area contributed by atoms with Crippen molar-refractivity contribution in [2.75, 3.05) is 0 Å². The Bertz CT molecular complexity index is 3830. The Morgan fingerprint density at radius 1 is 0.295 bits per heavy atom. The first kappa shape index (κ1) is 34.2. The number of rotatable bonds is 4. The zero-order valence-corrected chi connectivity index (χ0v) is 33.9. The molecule has 0 spiro atoms. The van der Waals surface area contributed by atoms with Crippen LogP contribution in [-0.4, -0.2) is 4.98 Å². The van der Waals surface area contributed by atoms with Gasteiger partial charge in [0.05, 0.1) is 5.52 Å². The predicted octanol–water partition coefficient (Wildman–Crippen LogP) is 17.0. The minimum Gasteiger partial charge on any atom is -0.256 e. The summed E-state index contributed by atoms with van der Waals surface area (Å²) in [5, 5.41) is 16.3. The molecule has 0 aliphatic heterocycles. The maximum Gasteiger partial charge on any atom is 0.0708 e. The van der Waals surface area contributed by atoms with E-state index in [1.807, 2.05) is 23.6 Å². The molecule has 11 aromatic carbocycles. The minimum absolute atomic E-state index is 1.01. The number of thiophene rings is 1. The molecular formula is C59H35NS. The molecule has 0 N–H and O–H groups in total. The van der Waals surface area contributed by atoms with E-state index in [1.165, 1.54) is 119 Å². The third kappa shape index (κ3) is 5.23. The number of pyridine rings is 1. The molecule has 2 heteroatoms. The van der Waals surface area contributed by atoms with Crippen molar-refractivity contribution in [3.63, 3.8) is 0 Å². The lowest BCUT2D eigenvalue weighted by Crippen LogP contribution is -1.92. The smallest absolute Gasteiger partial charge is 0.0708 e. The quantitative estimate of drug-likeness (QED) is 0.162. The number of hydrogen-bond donors (Lipinski definition) is 0. The van der Waals surface area contributed by atoms with Crippen LogP contribution in [0.25, 0.3) is 129 Å². The Balaban J connectivity index is 1.08. The molecule has 0 saturated carbocycles. The van der Waals surface area contributed by atoms with E-state index in [2.05, 4.69) is 200 Å². The van der Waals surface area contributed by atoms with E-state index in [0.29, 0.717) is 0 Å². The highest BCUT2D eigenvalue weighted by Crippen LogP contribution is 2.50. The molecule has 0 amide bonds. The summed E-state index contributed by atoms with van der Waals surface area (Å²) in [6.07, 6.45) is 1.88. The molecule has 61 heavy (non-hydrogen) atoms. The van der Waals surface area contributed by atoms with Gasteiger partial charge in [-0.3, -0.25) is 4.98 Å². The van der Waals surface area contributed by atoms with Gasteiger partial charge in [0, 0.05) is 31.8 Å². The van der Waals surface area contributed by atoms with Crippen molar-refractivity contribution < 1.29 is 0 Å². The van der Waals surface area contributed by atoms with Gasteiger partial charge in [0.15, 0.2) is 0 Å². The van der Waals surface area contributed by atoms with Gasteiger partial charge in [-0.05, 0) is 135 Å². The second-order valence-corrected chi connectivity index (χ2v) is 17.2. The maximum atomic E-state index is 4.73. The summed E-state index contributed by atoms with van der Waals surface area (Å²) in [6, 6.07) is 76.4. The van der Waals surface area contributed by atoms with Gasteiger partial charge in [0.2, 0.25) is 0 Å². The third-order valence-corrected chi connectivity index (χ3v) is 14.0. The summed E-state index contributed by atoms with van der Waals surface area (Å²) in [7, 11) is 0. The first-order valence-corrected chi connectivity index (χ1v) is 21.8. The van der Waals surface area contributed by atoms with E-state index >= 15 is 0 Å². The number of aromatic nitrogens is 1. The number of nitrogens with zero attached hydrogens (tertiary/aromatic N) is 1. The molecule has 0 aliphatic rings. The van der Waals surface area contributed by atoms with Gasteiger partial charge in [0.1, 0.15) is 0 Å². The summed E-state index contributed by atoms with van der Waals surface area (Å²) >= 11 is 1.89. The molecule has 1 nitrogen and oxygen atoms in total. The highest BCUT2D eigenvalue weighted by Gasteiger charge is 2.22. The normalized spacial score (nSPS) is 11.9. The van der Waals surface area contributed by atoms with Crippen molar-refractivity contribution >= 4 is 96.3 Å². The topological polar surface area (TPSA) is 12.9 Å². The number of benzene rings is 11. The average Bonchev–Trinajstić information content (AvgIpc) is 3.70. The zero-order chi connectivity index (χ0) is 40.0. The van der Waals surface area contributed by atoms with Crippen LogP contribution >= 0.6 is 11.3 Å². The summed E-state index contributed by atoms with van der Waals surface area (Å²) in [6.45, 7) is 0. The van der Waals surface area contributed by atoms with Crippen molar-refractivity contribution in [3.05, 3.63) is 212 Å². The first-order valence-electron chi connectivity index (χ1n) is 20.9. The summed E-state index contributed by atoms with van der Waals surface area (Å²) in [5.74, 6) is 0. The van der Waals surface area contributed by atoms with E-state index < -0.39 is 0 Å². The molecule has 13 aromatic rings. The van der Waals surface area contributed by atoms with Gasteiger partial charge in [-0.1, -0.05) is 170 Å². The van der Waals surface area contributed by atoms with Crippen LogP contribution in [-0.2, 0) is 0 Å². The van der Waals surface area contributed by atoms with Crippen LogP contribution in [0.3, 0.4) is 0 Å². The van der Waals surface area contributed by atoms with Crippen LogP contribution in [0.2, 0.25) is 0 Å². The van der Waals surface area contributed by atoms with E-state index in [4.69, 9.17) is 4.98 Å². The van der Waals surface area contributed by atoms with Gasteiger partial charge in [-0.2, -0.15) is 0 Å². The van der Waals surface area contributed by atoms with Crippen LogP contribution in [0.1, 0.15) is 0 Å². The Morgan fingerprint density at radius 3 is 1.38 bits per heavy atom. The molecule has 0 aliphatic carbocycles. The molecule has 13 rings (SSSR count). The Kier molecular flexibility index (Phi) is 7.54. The predicted molar refractivity (Wildman–Crippen MR) is 264 cm³/mol. The van der Waals surface area contributed by atoms with Crippen LogP contribution in [0.4, 0.5) is 0 Å². The van der Waals surface area contributed by atoms with Gasteiger partial charge in [-0.15, -0.1) is 11.3 Å². The fourth-order valence-electron chi connectivity index (χ4n) is 10.2. The molecule has 282 valence electrons. The van der Waals surface area contributed by atoms with E-state index in [1.54, 1.807) is 0 Å². The highest BCUT2D eigenvalue weighted by atomic mass is 32.1. The van der Waals surface area contributed by atoms with E-state index in [9.17, 15) is 0 Å². The Labute approximate surface area is 356 Å². The molecule has 0 fully saturated rings. The maximum absolute atomic E-state index is 4.73. The SMILES string of the molecule is c1ccc2cc(-c3c4ccccc4c(-c4cccc5sc6ccc(-c7c8ccccc8c(-c8ccc9cccnc9c8)c8ccccc78)cc6c45)c4ccccc34)ccc2c1. The molecule has 0 unspecified atom stereocenters. The van der Waals surface area contributed by atoms with Gasteiger partial charge >= 0.3 is 0 Å². The zero-order valence-electron chi connectivity index (χ0n) is 33.1. The molecule has 2 aromatic heterocycles. The first-order chi connectivity index (χ1) is 30.3. The highest BCUT2D eigenvalue weighted by molar-refractivity contribution is 7.26. The molecular weight excluding hydrogens is 755 g/mol. The largest absolute Gasteiger partial charge is 0.256 e. The third-order valence-electron chi connectivity index (χ3n) is 12.8. The van der Waals surface area contributed by atoms with Crippen LogP contribution < -0.4 is 0 Å². The van der Waals surface area contributed by atoms with Crippen LogP contribution in [0.5, 0.6) is 0 Å². The van der Waals surface area contributed by atoms with Gasteiger partial charge in [0.25, 0.3) is 0 Å². The van der Waals surface area contributed by atoms with Crippen LogP contribution in [0, 0.1) is 0 Å². The Morgan fingerprint density at radius 2 is 0.770 bits per heavy atom. The summed E-state index contributed by atoms with van der Waals surface area (Å²) in [5.41, 5.74) is 11.0. The van der Waals surface area contributed by atoms with Gasteiger partial charge < -0.3 is 0 Å². The molecule has 0 atom stereocenters. The lowest BCUT2D eigenvalue weighted by molar-refractivity contribution is 1.41. The monoisotopic (exact) mass is 789 g/mol. The number of fused-ring (bicyclic) bond motifs is 9. The lowest BCUT2D eigenvalue weighted by Gasteiger charge is -2.19. The molecule has 0 bridgehead atoms. The van der Waals surface area contributed by atoms with Crippen molar-refractivity contribution in [3.8, 4) is 44.5 Å². The van der Waals surface area contributed by atoms with Crippen molar-refractivity contribution in [2.24, 2.45) is 0 Å². The van der Waals surface area contributed by atoms with Crippen LogP contribution in [0.15, 0.2) is 212 Å². The second-order valence-electron chi connectivity index (χ2n) is 16.1. The Hall–Kier alpha value is -7.65. The summed E-state index contributed by atoms with van der Waals surface area (Å²) < 4.78 is 2.59. The van der Waals surface area contributed by atoms with Gasteiger partial charge in [-0.25, -0.2) is 0 Å². The fraction of sp³-hybridized carbons (Fsp3) is 0. The molecule has 0 saturated heterocycles. The molecule has 2 heterocycles. The number of hydrogen-bond acceptors (Lipinski definition) is 2. The fourth-order valence-corrected chi connectivity index (χ4v) is 11.3. The van der Waals surface area contributed by atoms with Crippen molar-refractivity contribution in [2.45, 2.75) is 0 Å². The van der Waals surface area contributed by atoms with Crippen molar-refractivity contribution in [1.29, 1.82) is 0 Å². The lowest BCUT2D eigenvalue weighted by atomic mass is 9.84. The van der Waals surface area contributed by atoms with Crippen molar-refractivity contribution in [1.82, 2.24) is 4.98 Å². The second kappa shape index (κ2) is 13.4. The molecule has 0 radical (unpaired) electrons. The standard InChI is InChI=1S/C59H35NS/c1-2-14-38-33-39(28-26-36(38)13-1)55-46-20-7-9-22-48(46)58(49-23-10-8-21-47(49)55)50-24-11-25-54-59(50)51-34-40(30-31-53(51)61-54)56-42-16-3-5-18-44(42)57(45-19-6-4-17-43(45)56)41-29-27-37-15-12-32-60-52(37)35-41/h1-35H.